The van der Waals surface area contributed by atoms with Gasteiger partial charge in [-0.3, -0.25) is 0 Å². The van der Waals surface area contributed by atoms with Gasteiger partial charge in [-0.1, -0.05) is 0 Å². The number of esters is 3. The summed E-state index contributed by atoms with van der Waals surface area (Å²) in [5, 5.41) is 0. The quantitative estimate of drug-likeness (QED) is 0.0863. The maximum absolute atomic E-state index is 13.3. The number of halogens is 2. The van der Waals surface area contributed by atoms with E-state index in [4.69, 9.17) is 14.2 Å². The fourth-order valence-corrected chi connectivity index (χ4v) is 13.3. The van der Waals surface area contributed by atoms with E-state index in [9.17, 15) is 14.4 Å². The van der Waals surface area contributed by atoms with E-state index in [0.717, 1.165) is 32.1 Å². The number of rotatable bonds is 6. The van der Waals surface area contributed by atoms with Crippen LogP contribution in [0.5, 0.6) is 0 Å². The molecule has 3 heterocycles. The van der Waals surface area contributed by atoms with E-state index in [1.807, 2.05) is 13.8 Å². The van der Waals surface area contributed by atoms with Crippen molar-refractivity contribution in [1.82, 2.24) is 7.06 Å². The summed E-state index contributed by atoms with van der Waals surface area (Å²) >= 11 is 0.843. The van der Waals surface area contributed by atoms with Crippen LogP contribution in [0.3, 0.4) is 0 Å². The van der Waals surface area contributed by atoms with Crippen molar-refractivity contribution in [2.24, 2.45) is 11.8 Å². The molecule has 0 amide bonds. The molecule has 2 N–H and O–H groups in total. The molecule has 3 aliphatic carbocycles. The summed E-state index contributed by atoms with van der Waals surface area (Å²) in [6, 6.07) is 0. The third-order valence-corrected chi connectivity index (χ3v) is 15.0. The summed E-state index contributed by atoms with van der Waals surface area (Å²) in [7, 11) is 0. The number of alkyl halides is 2. The van der Waals surface area contributed by atoms with Crippen LogP contribution in [-0.2, 0) is 28.6 Å². The van der Waals surface area contributed by atoms with Gasteiger partial charge in [-0.15, -0.1) is 0 Å². The molecule has 5 unspecified atom stereocenters. The number of ether oxygens (including phenoxy) is 3. The van der Waals surface area contributed by atoms with Gasteiger partial charge in [0.05, 0.1) is 0 Å². The van der Waals surface area contributed by atoms with E-state index in [2.05, 4.69) is 29.7 Å². The molecule has 6 aliphatic rings. The molecule has 8 nitrogen and oxygen atoms in total. The predicted octanol–water partition coefficient (Wildman–Crippen LogP) is 2.43. The fraction of sp³-hybridized carbons (Fsp3) is 0.750. The molecular formula is C20H24I2N2O6. The first kappa shape index (κ1) is 20.2. The van der Waals surface area contributed by atoms with Gasteiger partial charge in [0, 0.05) is 0 Å². The molecule has 164 valence electrons. The summed E-state index contributed by atoms with van der Waals surface area (Å²) in [5.74, 6) is -1.76. The van der Waals surface area contributed by atoms with E-state index in [1.54, 1.807) is 0 Å². The molecule has 3 saturated heterocycles. The molecule has 0 aromatic heterocycles. The van der Waals surface area contributed by atoms with Crippen LogP contribution in [-0.4, -0.2) is 42.8 Å². The topological polar surface area (TPSA) is 123 Å². The Morgan fingerprint density at radius 2 is 2.00 bits per heavy atom. The zero-order chi connectivity index (χ0) is 21.1. The number of nitrogens with one attached hydrogen (secondary N) is 2. The Morgan fingerprint density at radius 1 is 1.33 bits per heavy atom. The van der Waals surface area contributed by atoms with E-state index in [0.29, 0.717) is 17.6 Å². The van der Waals surface area contributed by atoms with Crippen molar-refractivity contribution < 1.29 is 28.6 Å². The minimum absolute atomic E-state index is 0.189. The fourth-order valence-electron chi connectivity index (χ4n) is 5.94. The second-order valence-electron chi connectivity index (χ2n) is 9.33. The van der Waals surface area contributed by atoms with Crippen LogP contribution >= 0.6 is 43.0 Å². The van der Waals surface area contributed by atoms with Crippen LogP contribution < -0.4 is 7.06 Å². The van der Waals surface area contributed by atoms with E-state index >= 15 is 0 Å². The maximum atomic E-state index is 13.3. The first-order valence-electron chi connectivity index (χ1n) is 10.6. The van der Waals surface area contributed by atoms with Gasteiger partial charge in [-0.25, -0.2) is 0 Å². The third kappa shape index (κ3) is 2.53. The van der Waals surface area contributed by atoms with Crippen LogP contribution in [0.15, 0.2) is 11.1 Å². The number of hydrogen-bond donors (Lipinski definition) is 2. The third-order valence-electron chi connectivity index (χ3n) is 7.83. The number of hydrogen-bond acceptors (Lipinski definition) is 8. The Labute approximate surface area is 195 Å². The molecule has 5 fully saturated rings. The first-order chi connectivity index (χ1) is 14.2. The Balaban J connectivity index is 1.28. The summed E-state index contributed by atoms with van der Waals surface area (Å²) in [4.78, 5) is 38.9. The second-order valence-corrected chi connectivity index (χ2v) is 15.0. The van der Waals surface area contributed by atoms with Gasteiger partial charge in [-0.2, -0.15) is 0 Å². The SMILES string of the molecule is CCC1(OC(=O)C2=C3C(=O)OC4(C)C3CC2C4OC(=O)C(I)C23NI2N3)CCCC1. The van der Waals surface area contributed by atoms with Gasteiger partial charge in [0.2, 0.25) is 0 Å². The van der Waals surface area contributed by atoms with Gasteiger partial charge in [0.25, 0.3) is 0 Å². The van der Waals surface area contributed by atoms with Crippen LogP contribution in [0, 0.1) is 11.8 Å². The van der Waals surface area contributed by atoms with E-state index in [-0.39, 0.29) is 25.4 Å². The Morgan fingerprint density at radius 3 is 2.60 bits per heavy atom. The van der Waals surface area contributed by atoms with Crippen molar-refractivity contribution in [3.8, 4) is 0 Å². The van der Waals surface area contributed by atoms with Crippen LogP contribution in [0.4, 0.5) is 0 Å². The van der Waals surface area contributed by atoms with Crippen molar-refractivity contribution in [1.29, 1.82) is 0 Å². The Kier molecular flexibility index (Phi) is 4.24. The molecule has 5 atom stereocenters. The molecule has 0 spiro atoms. The molecule has 3 aliphatic heterocycles. The van der Waals surface area contributed by atoms with Crippen molar-refractivity contribution in [2.45, 2.75) is 77.3 Å². The van der Waals surface area contributed by atoms with Crippen LogP contribution in [0.2, 0.25) is 0 Å². The average Bonchev–Trinajstić information content (AvgIpc) is 3.33. The Hall–Kier alpha value is -0.470. The number of carbonyl (C=O) groups is 3. The first-order valence-corrected chi connectivity index (χ1v) is 15.0. The summed E-state index contributed by atoms with van der Waals surface area (Å²) in [6.07, 6.45) is 4.51. The van der Waals surface area contributed by atoms with Crippen molar-refractivity contribution in [3.63, 3.8) is 0 Å². The van der Waals surface area contributed by atoms with Gasteiger partial charge in [-0.05, 0) is 0 Å². The minimum atomic E-state index is -1.28. The Bertz CT molecular complexity index is 909. The predicted molar refractivity (Wildman–Crippen MR) is 121 cm³/mol. The van der Waals surface area contributed by atoms with Gasteiger partial charge >= 0.3 is 197 Å². The van der Waals surface area contributed by atoms with Crippen molar-refractivity contribution >= 4 is 60.9 Å². The zero-order valence-corrected chi connectivity index (χ0v) is 21.1. The van der Waals surface area contributed by atoms with Crippen molar-refractivity contribution in [2.75, 3.05) is 0 Å². The second kappa shape index (κ2) is 6.31. The molecule has 6 rings (SSSR count). The summed E-state index contributed by atoms with van der Waals surface area (Å²) in [5.41, 5.74) is -0.489. The molecule has 0 aromatic carbocycles. The average molecular weight is 642 g/mol. The van der Waals surface area contributed by atoms with Gasteiger partial charge in [0.15, 0.2) is 0 Å². The molecule has 2 saturated carbocycles. The van der Waals surface area contributed by atoms with Crippen LogP contribution in [0.25, 0.3) is 0 Å². The number of fused-ring (bicyclic) bond motifs is 2. The molecule has 10 heteroatoms. The van der Waals surface area contributed by atoms with Crippen LogP contribution in [0.1, 0.15) is 52.4 Å². The normalized spacial score (nSPS) is 40.2. The summed E-state index contributed by atoms with van der Waals surface area (Å²) < 4.78 is 23.9. The summed E-state index contributed by atoms with van der Waals surface area (Å²) in [6.45, 7) is 3.87. The monoisotopic (exact) mass is 642 g/mol. The molecule has 0 aromatic rings. The molecular weight excluding hydrogens is 618 g/mol. The zero-order valence-electron chi connectivity index (χ0n) is 16.8. The standard InChI is InChI=1S/C20H24I2N2O6/c1-3-19(6-4-5-7-19)30-15(25)11-9-8-10-12(11)16(26)29-18(10,2)14(9)28-17(27)13(21)20-22(23-20)24-20/h9-10,13-14,23-24H,3-8H2,1-2H3. The molecule has 0 radical (unpaired) electrons. The van der Waals surface area contributed by atoms with Gasteiger partial charge < -0.3 is 0 Å². The van der Waals surface area contributed by atoms with E-state index in [1.165, 1.54) is 0 Å². The molecule has 30 heavy (non-hydrogen) atoms. The van der Waals surface area contributed by atoms with Crippen molar-refractivity contribution in [3.05, 3.63) is 11.1 Å². The van der Waals surface area contributed by atoms with Gasteiger partial charge in [0.1, 0.15) is 0 Å². The number of carbonyl (C=O) groups excluding carboxylic acids is 3. The molecule has 2 bridgehead atoms. The van der Waals surface area contributed by atoms with E-state index < -0.39 is 49.6 Å².